The van der Waals surface area contributed by atoms with Crippen LogP contribution in [0.1, 0.15) is 15.9 Å². The Morgan fingerprint density at radius 2 is 1.43 bits per heavy atom. The predicted octanol–water partition coefficient (Wildman–Crippen LogP) is 4.99. The van der Waals surface area contributed by atoms with Crippen LogP contribution in [0.5, 0.6) is 0 Å². The smallest absolute Gasteiger partial charge is 0.478 e. The number of alkyl halides is 3. The molecule has 0 unspecified atom stereocenters. The molecule has 0 aromatic heterocycles. The molecule has 0 saturated carbocycles. The fourth-order valence-electron chi connectivity index (χ4n) is 3.81. The number of aromatic carboxylic acids is 1. The normalized spacial score (nSPS) is 13.8. The molecule has 0 amide bonds. The lowest BCUT2D eigenvalue weighted by atomic mass is 10.1. The maximum atomic E-state index is 13.3. The molecule has 40 heavy (non-hydrogen) atoms. The number of guanidine groups is 1. The van der Waals surface area contributed by atoms with E-state index in [9.17, 15) is 22.4 Å². The highest BCUT2D eigenvalue weighted by Crippen LogP contribution is 2.18. The van der Waals surface area contributed by atoms with Gasteiger partial charge in [0.05, 0.1) is 5.56 Å². The number of aliphatic imine (C=N–C) groups is 1. The van der Waals surface area contributed by atoms with Crippen LogP contribution in [-0.4, -0.2) is 71.9 Å². The van der Waals surface area contributed by atoms with Crippen LogP contribution in [0.2, 0.25) is 0 Å². The SMILES string of the molecule is O=C(O)C(F)(F)F.O=C(O)c1ccc(NC(=NCCc2ccccc2)N2CCN(c3ccc(F)cc3)CC2)cc1. The molecule has 0 radical (unpaired) electrons. The number of benzene rings is 3. The van der Waals surface area contributed by atoms with Gasteiger partial charge in [-0.2, -0.15) is 13.2 Å². The second-order valence-corrected chi connectivity index (χ2v) is 8.70. The van der Waals surface area contributed by atoms with Crippen molar-refractivity contribution in [3.63, 3.8) is 0 Å². The van der Waals surface area contributed by atoms with E-state index < -0.39 is 18.1 Å². The Kier molecular flexibility index (Phi) is 10.5. The van der Waals surface area contributed by atoms with Gasteiger partial charge < -0.3 is 25.3 Å². The Hall–Kier alpha value is -4.61. The molecular formula is C28H28F4N4O4. The van der Waals surface area contributed by atoms with Crippen LogP contribution in [-0.2, 0) is 11.2 Å². The largest absolute Gasteiger partial charge is 0.490 e. The predicted molar refractivity (Wildman–Crippen MR) is 143 cm³/mol. The molecule has 3 aromatic carbocycles. The zero-order valence-electron chi connectivity index (χ0n) is 21.3. The summed E-state index contributed by atoms with van der Waals surface area (Å²) in [5.41, 5.74) is 3.28. The number of anilines is 2. The van der Waals surface area contributed by atoms with Gasteiger partial charge in [0.1, 0.15) is 5.82 Å². The first-order chi connectivity index (χ1) is 19.0. The molecule has 3 aromatic rings. The first kappa shape index (κ1) is 29.9. The van der Waals surface area contributed by atoms with Gasteiger partial charge in [-0.25, -0.2) is 14.0 Å². The number of hydrogen-bond acceptors (Lipinski definition) is 4. The van der Waals surface area contributed by atoms with Crippen LogP contribution in [0.25, 0.3) is 0 Å². The molecule has 1 aliphatic rings. The summed E-state index contributed by atoms with van der Waals surface area (Å²) in [6.45, 7) is 3.76. The fraction of sp³-hybridized carbons (Fsp3) is 0.250. The summed E-state index contributed by atoms with van der Waals surface area (Å²) in [5.74, 6) is -3.17. The van der Waals surface area contributed by atoms with Gasteiger partial charge in [0.15, 0.2) is 5.96 Å². The monoisotopic (exact) mass is 560 g/mol. The highest BCUT2D eigenvalue weighted by Gasteiger charge is 2.38. The molecule has 1 heterocycles. The van der Waals surface area contributed by atoms with Crippen molar-refractivity contribution in [3.05, 3.63) is 95.8 Å². The molecule has 8 nitrogen and oxygen atoms in total. The third-order valence-electron chi connectivity index (χ3n) is 5.91. The van der Waals surface area contributed by atoms with E-state index >= 15 is 0 Å². The van der Waals surface area contributed by atoms with E-state index in [1.165, 1.54) is 17.7 Å². The van der Waals surface area contributed by atoms with Crippen molar-refractivity contribution in [2.75, 3.05) is 42.9 Å². The Balaban J connectivity index is 0.000000559. The van der Waals surface area contributed by atoms with E-state index in [0.29, 0.717) is 6.54 Å². The Bertz CT molecular complexity index is 1280. The standard InChI is InChI=1S/C26H27FN4O2.C2HF3O2/c27-22-8-12-24(13-9-22)30-16-18-31(19-17-30)26(28-15-14-20-4-2-1-3-5-20)29-23-10-6-21(7-11-23)25(32)33;3-2(4,5)1(6)7/h1-13H,14-19H2,(H,28,29)(H,32,33);(H,6,7). The van der Waals surface area contributed by atoms with Crippen molar-refractivity contribution < 1.29 is 37.4 Å². The number of hydrogen-bond donors (Lipinski definition) is 3. The van der Waals surface area contributed by atoms with Crippen molar-refractivity contribution >= 4 is 29.3 Å². The average molecular weight is 561 g/mol. The van der Waals surface area contributed by atoms with Crippen LogP contribution < -0.4 is 10.2 Å². The lowest BCUT2D eigenvalue weighted by Gasteiger charge is -2.37. The minimum absolute atomic E-state index is 0.233. The number of nitrogens with zero attached hydrogens (tertiary/aromatic N) is 3. The molecule has 212 valence electrons. The molecule has 1 saturated heterocycles. The number of piperazine rings is 1. The first-order valence-electron chi connectivity index (χ1n) is 12.3. The molecule has 4 rings (SSSR count). The van der Waals surface area contributed by atoms with E-state index in [-0.39, 0.29) is 11.4 Å². The zero-order valence-corrected chi connectivity index (χ0v) is 21.3. The van der Waals surface area contributed by atoms with Gasteiger partial charge in [0.25, 0.3) is 0 Å². The third-order valence-corrected chi connectivity index (χ3v) is 5.91. The van der Waals surface area contributed by atoms with Gasteiger partial charge in [0, 0.05) is 44.1 Å². The number of halogens is 4. The molecule has 3 N–H and O–H groups in total. The van der Waals surface area contributed by atoms with Crippen LogP contribution in [0.3, 0.4) is 0 Å². The molecule has 0 aliphatic carbocycles. The molecule has 0 atom stereocenters. The van der Waals surface area contributed by atoms with E-state index in [2.05, 4.69) is 27.2 Å². The van der Waals surface area contributed by atoms with Crippen molar-refractivity contribution in [2.24, 2.45) is 4.99 Å². The molecule has 1 fully saturated rings. The van der Waals surface area contributed by atoms with Gasteiger partial charge >= 0.3 is 18.1 Å². The van der Waals surface area contributed by atoms with Crippen molar-refractivity contribution in [3.8, 4) is 0 Å². The maximum absolute atomic E-state index is 13.3. The summed E-state index contributed by atoms with van der Waals surface area (Å²) >= 11 is 0. The maximum Gasteiger partial charge on any atom is 0.490 e. The molecule has 0 bridgehead atoms. The zero-order chi connectivity index (χ0) is 29.1. The van der Waals surface area contributed by atoms with E-state index in [0.717, 1.165) is 49.9 Å². The van der Waals surface area contributed by atoms with Gasteiger partial charge in [-0.1, -0.05) is 30.3 Å². The van der Waals surface area contributed by atoms with Crippen molar-refractivity contribution in [2.45, 2.75) is 12.6 Å². The summed E-state index contributed by atoms with van der Waals surface area (Å²) in [4.78, 5) is 29.3. The third kappa shape index (κ3) is 9.29. The second kappa shape index (κ2) is 14.0. The molecule has 12 heteroatoms. The lowest BCUT2D eigenvalue weighted by molar-refractivity contribution is -0.192. The van der Waals surface area contributed by atoms with Crippen LogP contribution in [0.4, 0.5) is 28.9 Å². The van der Waals surface area contributed by atoms with E-state index in [1.54, 1.807) is 24.3 Å². The summed E-state index contributed by atoms with van der Waals surface area (Å²) < 4.78 is 45.0. The number of carboxylic acid groups (broad SMARTS) is 2. The number of carboxylic acids is 2. The van der Waals surface area contributed by atoms with Gasteiger partial charge in [-0.05, 0) is 60.5 Å². The van der Waals surface area contributed by atoms with Crippen LogP contribution in [0, 0.1) is 5.82 Å². The highest BCUT2D eigenvalue weighted by molar-refractivity contribution is 5.95. The van der Waals surface area contributed by atoms with E-state index in [4.69, 9.17) is 20.0 Å². The van der Waals surface area contributed by atoms with Crippen molar-refractivity contribution in [1.29, 1.82) is 0 Å². The van der Waals surface area contributed by atoms with Gasteiger partial charge in [-0.3, -0.25) is 4.99 Å². The second-order valence-electron chi connectivity index (χ2n) is 8.70. The van der Waals surface area contributed by atoms with Crippen molar-refractivity contribution in [1.82, 2.24) is 4.90 Å². The number of nitrogens with one attached hydrogen (secondary N) is 1. The number of rotatable bonds is 6. The molecule has 1 aliphatic heterocycles. The number of carbonyl (C=O) groups is 2. The molecule has 0 spiro atoms. The van der Waals surface area contributed by atoms with Crippen LogP contribution in [0.15, 0.2) is 83.9 Å². The van der Waals surface area contributed by atoms with Gasteiger partial charge in [-0.15, -0.1) is 0 Å². The fourth-order valence-corrected chi connectivity index (χ4v) is 3.81. The quantitative estimate of drug-likeness (QED) is 0.222. The highest BCUT2D eigenvalue weighted by atomic mass is 19.4. The summed E-state index contributed by atoms with van der Waals surface area (Å²) in [7, 11) is 0. The van der Waals surface area contributed by atoms with Gasteiger partial charge in [0.2, 0.25) is 0 Å². The number of aliphatic carboxylic acids is 1. The molecular weight excluding hydrogens is 532 g/mol. The first-order valence-corrected chi connectivity index (χ1v) is 12.3. The lowest BCUT2D eigenvalue weighted by Crippen LogP contribution is -2.50. The Labute approximate surface area is 228 Å². The Morgan fingerprint density at radius 3 is 1.95 bits per heavy atom. The summed E-state index contributed by atoms with van der Waals surface area (Å²) in [6.07, 6.45) is -4.25. The Morgan fingerprint density at radius 1 is 0.850 bits per heavy atom. The summed E-state index contributed by atoms with van der Waals surface area (Å²) in [6, 6.07) is 23.5. The van der Waals surface area contributed by atoms with E-state index in [1.807, 2.05) is 30.3 Å². The van der Waals surface area contributed by atoms with Crippen LogP contribution >= 0.6 is 0 Å². The minimum atomic E-state index is -5.08. The minimum Gasteiger partial charge on any atom is -0.478 e. The topological polar surface area (TPSA) is 105 Å². The average Bonchev–Trinajstić information content (AvgIpc) is 2.94. The summed E-state index contributed by atoms with van der Waals surface area (Å²) in [5, 5.41) is 19.6.